The van der Waals surface area contributed by atoms with E-state index < -0.39 is 35.2 Å². The van der Waals surface area contributed by atoms with E-state index in [9.17, 15) is 27.5 Å². The molecule has 0 saturated heterocycles. The highest BCUT2D eigenvalue weighted by atomic mass is 19.4. The number of carboxylic acids is 1. The molecule has 0 aliphatic heterocycles. The van der Waals surface area contributed by atoms with Crippen LogP contribution in [0.15, 0.2) is 60.6 Å². The van der Waals surface area contributed by atoms with E-state index in [1.54, 1.807) is 30.3 Å². The van der Waals surface area contributed by atoms with Gasteiger partial charge in [-0.2, -0.15) is 13.2 Å². The number of carbonyl (C=O) groups is 1. The number of alkyl halides is 3. The number of nitrogens with one attached hydrogen (secondary N) is 1. The summed E-state index contributed by atoms with van der Waals surface area (Å²) in [5, 5.41) is 12.0. The van der Waals surface area contributed by atoms with Crippen LogP contribution in [-0.4, -0.2) is 26.6 Å². The third-order valence-corrected chi connectivity index (χ3v) is 3.97. The minimum absolute atomic E-state index is 0.209. The summed E-state index contributed by atoms with van der Waals surface area (Å²) in [7, 11) is 0. The molecule has 1 aliphatic carbocycles. The standard InChI is InChI=1S/C18H13F4N3O2/c19-13-8-12(11-4-2-1-3-5-11)9-17(10-13,15(26)27)25-16-23-7-6-14(24-16)18(20,21)22/h1-8,10H,9H2,(H,26,27)(H,23,24,25). The molecule has 1 unspecified atom stereocenters. The monoisotopic (exact) mass is 379 g/mol. The molecular weight excluding hydrogens is 366 g/mol. The maximum absolute atomic E-state index is 14.2. The Morgan fingerprint density at radius 3 is 2.52 bits per heavy atom. The van der Waals surface area contributed by atoms with Gasteiger partial charge in [0.05, 0.1) is 0 Å². The summed E-state index contributed by atoms with van der Waals surface area (Å²) in [5.74, 6) is -2.87. The smallest absolute Gasteiger partial charge is 0.433 e. The largest absolute Gasteiger partial charge is 0.479 e. The number of hydrogen-bond acceptors (Lipinski definition) is 4. The number of rotatable bonds is 4. The Morgan fingerprint density at radius 1 is 1.19 bits per heavy atom. The average molecular weight is 379 g/mol. The van der Waals surface area contributed by atoms with Gasteiger partial charge in [0.1, 0.15) is 11.5 Å². The second-order valence-electron chi connectivity index (χ2n) is 5.91. The summed E-state index contributed by atoms with van der Waals surface area (Å²) in [5.41, 5.74) is -2.30. The molecule has 2 aromatic rings. The molecule has 9 heteroatoms. The van der Waals surface area contributed by atoms with Gasteiger partial charge < -0.3 is 10.4 Å². The predicted octanol–water partition coefficient (Wildman–Crippen LogP) is 4.07. The number of benzene rings is 1. The average Bonchev–Trinajstić information content (AvgIpc) is 2.61. The molecule has 0 bridgehead atoms. The van der Waals surface area contributed by atoms with Crippen LogP contribution in [0.4, 0.5) is 23.5 Å². The fraction of sp³-hybridized carbons (Fsp3) is 0.167. The second kappa shape index (κ2) is 6.82. The van der Waals surface area contributed by atoms with E-state index in [0.29, 0.717) is 17.2 Å². The number of aromatic nitrogens is 2. The van der Waals surface area contributed by atoms with Gasteiger partial charge in [-0.3, -0.25) is 0 Å². The number of allylic oxidation sites excluding steroid dienone is 2. The fourth-order valence-corrected chi connectivity index (χ4v) is 2.73. The van der Waals surface area contributed by atoms with Crippen molar-refractivity contribution in [2.75, 3.05) is 5.32 Å². The Bertz CT molecular complexity index is 926. The van der Waals surface area contributed by atoms with E-state index >= 15 is 0 Å². The third-order valence-electron chi connectivity index (χ3n) is 3.97. The zero-order valence-corrected chi connectivity index (χ0v) is 13.7. The molecule has 0 radical (unpaired) electrons. The topological polar surface area (TPSA) is 75.1 Å². The van der Waals surface area contributed by atoms with E-state index in [-0.39, 0.29) is 6.42 Å². The zero-order valence-electron chi connectivity index (χ0n) is 13.7. The lowest BCUT2D eigenvalue weighted by Gasteiger charge is -2.31. The van der Waals surface area contributed by atoms with E-state index in [4.69, 9.17) is 0 Å². The highest BCUT2D eigenvalue weighted by Crippen LogP contribution is 2.36. The summed E-state index contributed by atoms with van der Waals surface area (Å²) >= 11 is 0. The van der Waals surface area contributed by atoms with Crippen molar-refractivity contribution in [3.05, 3.63) is 71.8 Å². The lowest BCUT2D eigenvalue weighted by atomic mass is 9.83. The molecule has 1 heterocycles. The molecule has 1 atom stereocenters. The number of carboxylic acid groups (broad SMARTS) is 1. The number of halogens is 4. The van der Waals surface area contributed by atoms with Crippen molar-refractivity contribution in [1.29, 1.82) is 0 Å². The summed E-state index contributed by atoms with van der Waals surface area (Å²) < 4.78 is 52.7. The van der Waals surface area contributed by atoms with Crippen LogP contribution in [0.3, 0.4) is 0 Å². The van der Waals surface area contributed by atoms with Crippen molar-refractivity contribution in [1.82, 2.24) is 9.97 Å². The van der Waals surface area contributed by atoms with Crippen LogP contribution in [0.25, 0.3) is 5.57 Å². The molecule has 5 nitrogen and oxygen atoms in total. The van der Waals surface area contributed by atoms with Crippen LogP contribution in [-0.2, 0) is 11.0 Å². The highest BCUT2D eigenvalue weighted by Gasteiger charge is 2.42. The van der Waals surface area contributed by atoms with Gasteiger partial charge in [0.25, 0.3) is 0 Å². The first-order valence-corrected chi connectivity index (χ1v) is 7.76. The summed E-state index contributed by atoms with van der Waals surface area (Å²) in [6.45, 7) is 0. The Kier molecular flexibility index (Phi) is 4.69. The van der Waals surface area contributed by atoms with Gasteiger partial charge in [0, 0.05) is 12.6 Å². The molecule has 140 valence electrons. The third kappa shape index (κ3) is 3.97. The van der Waals surface area contributed by atoms with Gasteiger partial charge in [-0.05, 0) is 29.4 Å². The van der Waals surface area contributed by atoms with Gasteiger partial charge >= 0.3 is 12.1 Å². The SMILES string of the molecule is O=C(O)C1(Nc2nccc(C(F)(F)F)n2)C=C(F)C=C(c2ccccc2)C1. The van der Waals surface area contributed by atoms with Crippen LogP contribution in [0, 0.1) is 0 Å². The van der Waals surface area contributed by atoms with Gasteiger partial charge in [0.15, 0.2) is 5.54 Å². The molecule has 1 aromatic carbocycles. The summed E-state index contributed by atoms with van der Waals surface area (Å²) in [4.78, 5) is 18.9. The molecule has 0 spiro atoms. The first-order valence-electron chi connectivity index (χ1n) is 7.76. The Morgan fingerprint density at radius 2 is 1.89 bits per heavy atom. The van der Waals surface area contributed by atoms with Crippen LogP contribution in [0.2, 0.25) is 0 Å². The number of nitrogens with zero attached hydrogens (tertiary/aromatic N) is 2. The minimum Gasteiger partial charge on any atom is -0.479 e. The first-order chi connectivity index (χ1) is 12.7. The minimum atomic E-state index is -4.72. The Labute approximate surface area is 151 Å². The van der Waals surface area contributed by atoms with E-state index in [1.165, 1.54) is 6.08 Å². The van der Waals surface area contributed by atoms with Crippen LogP contribution < -0.4 is 5.32 Å². The van der Waals surface area contributed by atoms with E-state index in [2.05, 4.69) is 15.3 Å². The zero-order chi connectivity index (χ0) is 19.7. The van der Waals surface area contributed by atoms with Crippen molar-refractivity contribution in [3.63, 3.8) is 0 Å². The van der Waals surface area contributed by atoms with Crippen LogP contribution in [0.1, 0.15) is 17.7 Å². The van der Waals surface area contributed by atoms with Crippen molar-refractivity contribution in [2.24, 2.45) is 0 Å². The number of hydrogen-bond donors (Lipinski definition) is 2. The molecule has 27 heavy (non-hydrogen) atoms. The number of aliphatic carboxylic acids is 1. The van der Waals surface area contributed by atoms with E-state index in [0.717, 1.165) is 12.3 Å². The maximum Gasteiger partial charge on any atom is 0.433 e. The highest BCUT2D eigenvalue weighted by molar-refractivity contribution is 5.90. The second-order valence-corrected chi connectivity index (χ2v) is 5.91. The lowest BCUT2D eigenvalue weighted by molar-refractivity contribution is -0.141. The fourth-order valence-electron chi connectivity index (χ4n) is 2.73. The number of anilines is 1. The van der Waals surface area contributed by atoms with Crippen molar-refractivity contribution in [3.8, 4) is 0 Å². The molecule has 1 aromatic heterocycles. The van der Waals surface area contributed by atoms with Gasteiger partial charge in [0.2, 0.25) is 5.95 Å². The van der Waals surface area contributed by atoms with Crippen LogP contribution >= 0.6 is 0 Å². The van der Waals surface area contributed by atoms with Crippen molar-refractivity contribution in [2.45, 2.75) is 18.1 Å². The molecule has 3 rings (SSSR count). The van der Waals surface area contributed by atoms with Gasteiger partial charge in [-0.15, -0.1) is 0 Å². The van der Waals surface area contributed by atoms with Gasteiger partial charge in [-0.25, -0.2) is 19.2 Å². The molecule has 0 amide bonds. The first kappa shape index (κ1) is 18.6. The molecule has 1 aliphatic rings. The Hall–Kier alpha value is -3.23. The summed E-state index contributed by atoms with van der Waals surface area (Å²) in [6, 6.07) is 9.18. The molecular formula is C18H13F4N3O2. The van der Waals surface area contributed by atoms with Crippen LogP contribution in [0.5, 0.6) is 0 Å². The summed E-state index contributed by atoms with van der Waals surface area (Å²) in [6.07, 6.45) is -2.10. The molecule has 0 fully saturated rings. The lowest BCUT2D eigenvalue weighted by Crippen LogP contribution is -2.46. The molecule has 0 saturated carbocycles. The quantitative estimate of drug-likeness (QED) is 0.784. The predicted molar refractivity (Wildman–Crippen MR) is 89.3 cm³/mol. The Balaban J connectivity index is 1.98. The molecule has 2 N–H and O–H groups in total. The van der Waals surface area contributed by atoms with Crippen molar-refractivity contribution >= 4 is 17.5 Å². The van der Waals surface area contributed by atoms with Gasteiger partial charge in [-0.1, -0.05) is 30.3 Å². The van der Waals surface area contributed by atoms with E-state index in [1.807, 2.05) is 0 Å². The maximum atomic E-state index is 14.2. The normalized spacial score (nSPS) is 19.9. The van der Waals surface area contributed by atoms with Crippen molar-refractivity contribution < 1.29 is 27.5 Å².